The van der Waals surface area contributed by atoms with Crippen molar-refractivity contribution in [1.82, 2.24) is 0 Å². The largest absolute Gasteiger partial charge is 0.490 e. The van der Waals surface area contributed by atoms with Crippen LogP contribution in [0.15, 0.2) is 54.6 Å². The molecule has 0 aliphatic carbocycles. The summed E-state index contributed by atoms with van der Waals surface area (Å²) >= 11 is 0. The van der Waals surface area contributed by atoms with Crippen LogP contribution in [0.4, 0.5) is 20.2 Å². The molecule has 6 nitrogen and oxygen atoms in total. The third kappa shape index (κ3) is 4.35. The van der Waals surface area contributed by atoms with Gasteiger partial charge in [0.25, 0.3) is 0 Å². The molecule has 8 heteroatoms. The molecule has 4 rings (SSSR count). The molecule has 0 aromatic heterocycles. The van der Waals surface area contributed by atoms with Crippen LogP contribution in [0.25, 0.3) is 0 Å². The van der Waals surface area contributed by atoms with Gasteiger partial charge < -0.3 is 25.0 Å². The van der Waals surface area contributed by atoms with Crippen molar-refractivity contribution < 1.29 is 33.3 Å². The number of carbonyl (C=O) groups excluding carboxylic acids is 1. The molecule has 0 unspecified atom stereocenters. The number of aliphatic hydroxyl groups excluding tert-OH is 2. The van der Waals surface area contributed by atoms with Crippen molar-refractivity contribution in [3.63, 3.8) is 0 Å². The second-order valence-electron chi connectivity index (χ2n) is 7.02. The predicted molar refractivity (Wildman–Crippen MR) is 109 cm³/mol. The Bertz CT molecular complexity index is 1130. The number of hydrogen-bond donors (Lipinski definition) is 3. The van der Waals surface area contributed by atoms with Crippen LogP contribution < -0.4 is 14.8 Å². The lowest BCUT2D eigenvalue weighted by atomic mass is 9.98. The van der Waals surface area contributed by atoms with Crippen LogP contribution >= 0.6 is 0 Å². The average molecular weight is 427 g/mol. The maximum Gasteiger partial charge on any atom is 0.200 e. The van der Waals surface area contributed by atoms with E-state index in [1.54, 1.807) is 36.4 Å². The summed E-state index contributed by atoms with van der Waals surface area (Å²) in [7, 11) is 0. The molecule has 0 bridgehead atoms. The van der Waals surface area contributed by atoms with Gasteiger partial charge in [-0.1, -0.05) is 12.1 Å². The van der Waals surface area contributed by atoms with Crippen molar-refractivity contribution in [3.8, 4) is 11.5 Å². The van der Waals surface area contributed by atoms with E-state index in [2.05, 4.69) is 5.32 Å². The molecule has 0 fully saturated rings. The van der Waals surface area contributed by atoms with Gasteiger partial charge in [0.05, 0.1) is 23.4 Å². The van der Waals surface area contributed by atoms with Gasteiger partial charge in [0.1, 0.15) is 42.5 Å². The normalized spacial score (nSPS) is 13.5. The van der Waals surface area contributed by atoms with E-state index in [-0.39, 0.29) is 30.4 Å². The number of ether oxygens (including phenoxy) is 2. The van der Waals surface area contributed by atoms with Gasteiger partial charge in [-0.15, -0.1) is 0 Å². The highest BCUT2D eigenvalue weighted by molar-refractivity contribution is 6.13. The molecular weight excluding hydrogens is 408 g/mol. The number of aliphatic hydroxyl groups is 2. The predicted octanol–water partition coefficient (Wildman–Crippen LogP) is 3.56. The Balaban J connectivity index is 1.63. The number of nitrogens with one attached hydrogen (secondary N) is 1. The lowest BCUT2D eigenvalue weighted by Gasteiger charge is -2.14. The van der Waals surface area contributed by atoms with Crippen LogP contribution in [0.5, 0.6) is 11.5 Å². The zero-order valence-corrected chi connectivity index (χ0v) is 16.3. The fourth-order valence-electron chi connectivity index (χ4n) is 3.26. The Kier molecular flexibility index (Phi) is 5.83. The van der Waals surface area contributed by atoms with Crippen LogP contribution in [0, 0.1) is 11.6 Å². The quantitative estimate of drug-likeness (QED) is 0.558. The summed E-state index contributed by atoms with van der Waals surface area (Å²) in [6.45, 7) is -0.526. The first kappa shape index (κ1) is 20.8. The SMILES string of the molecule is O=C1c2ccc(Nc3ccc(F)cc3F)cc2OCc2cccc(OC[C@@H](O)CO)c21. The molecule has 1 aliphatic rings. The number of anilines is 2. The summed E-state index contributed by atoms with van der Waals surface area (Å²) in [5.41, 5.74) is 1.77. The van der Waals surface area contributed by atoms with Gasteiger partial charge in [-0.05, 0) is 30.3 Å². The van der Waals surface area contributed by atoms with Crippen LogP contribution in [-0.2, 0) is 6.61 Å². The first-order valence-corrected chi connectivity index (χ1v) is 9.53. The van der Waals surface area contributed by atoms with E-state index < -0.39 is 24.3 Å². The summed E-state index contributed by atoms with van der Waals surface area (Å²) < 4.78 is 38.4. The maximum absolute atomic E-state index is 13.9. The van der Waals surface area contributed by atoms with Crippen LogP contribution in [0.3, 0.4) is 0 Å². The molecule has 1 atom stereocenters. The van der Waals surface area contributed by atoms with Gasteiger partial charge in [0.2, 0.25) is 5.78 Å². The minimum Gasteiger partial charge on any atom is -0.490 e. The van der Waals surface area contributed by atoms with Gasteiger partial charge in [-0.3, -0.25) is 4.79 Å². The fourth-order valence-corrected chi connectivity index (χ4v) is 3.26. The van der Waals surface area contributed by atoms with Gasteiger partial charge >= 0.3 is 0 Å². The lowest BCUT2D eigenvalue weighted by molar-refractivity contribution is 0.0531. The first-order valence-electron chi connectivity index (χ1n) is 9.53. The van der Waals surface area contributed by atoms with E-state index >= 15 is 0 Å². The monoisotopic (exact) mass is 427 g/mol. The maximum atomic E-state index is 13.9. The van der Waals surface area contributed by atoms with Crippen molar-refractivity contribution in [2.75, 3.05) is 18.5 Å². The van der Waals surface area contributed by atoms with E-state index in [4.69, 9.17) is 14.6 Å². The van der Waals surface area contributed by atoms with Crippen molar-refractivity contribution in [1.29, 1.82) is 0 Å². The van der Waals surface area contributed by atoms with Crippen molar-refractivity contribution in [2.45, 2.75) is 12.7 Å². The van der Waals surface area contributed by atoms with Gasteiger partial charge in [0, 0.05) is 23.4 Å². The number of halogens is 2. The van der Waals surface area contributed by atoms with E-state index in [1.165, 1.54) is 6.07 Å². The highest BCUT2D eigenvalue weighted by atomic mass is 19.1. The molecule has 0 saturated carbocycles. The highest BCUT2D eigenvalue weighted by Gasteiger charge is 2.26. The van der Waals surface area contributed by atoms with E-state index in [9.17, 15) is 18.7 Å². The van der Waals surface area contributed by atoms with Crippen LogP contribution in [-0.4, -0.2) is 35.3 Å². The average Bonchev–Trinajstić information content (AvgIpc) is 2.91. The molecule has 0 amide bonds. The summed E-state index contributed by atoms with van der Waals surface area (Å²) in [6, 6.07) is 13.0. The number of hydrogen-bond acceptors (Lipinski definition) is 6. The Morgan fingerprint density at radius 3 is 2.74 bits per heavy atom. The molecule has 1 aliphatic heterocycles. The number of benzene rings is 3. The van der Waals surface area contributed by atoms with Gasteiger partial charge in [-0.2, -0.15) is 0 Å². The Morgan fingerprint density at radius 2 is 1.97 bits per heavy atom. The molecule has 31 heavy (non-hydrogen) atoms. The number of carbonyl (C=O) groups is 1. The molecule has 160 valence electrons. The summed E-state index contributed by atoms with van der Waals surface area (Å²) in [6.07, 6.45) is -1.07. The molecule has 0 radical (unpaired) electrons. The van der Waals surface area contributed by atoms with Crippen LogP contribution in [0.1, 0.15) is 21.5 Å². The summed E-state index contributed by atoms with van der Waals surface area (Å²) in [4.78, 5) is 13.2. The van der Waals surface area contributed by atoms with Crippen LogP contribution in [0.2, 0.25) is 0 Å². The second kappa shape index (κ2) is 8.71. The highest BCUT2D eigenvalue weighted by Crippen LogP contribution is 2.35. The molecule has 0 saturated heterocycles. The van der Waals surface area contributed by atoms with Gasteiger partial charge in [-0.25, -0.2) is 8.78 Å². The summed E-state index contributed by atoms with van der Waals surface area (Å²) in [5.74, 6) is -1.17. The van der Waals surface area contributed by atoms with Gasteiger partial charge in [0.15, 0.2) is 0 Å². The molecule has 3 aromatic rings. The van der Waals surface area contributed by atoms with Crippen molar-refractivity contribution >= 4 is 17.2 Å². The first-order chi connectivity index (χ1) is 15.0. The summed E-state index contributed by atoms with van der Waals surface area (Å²) in [5, 5.41) is 21.4. The molecular formula is C23H19F2NO5. The Labute approximate surface area is 176 Å². The number of rotatable bonds is 6. The molecule has 0 spiro atoms. The Morgan fingerprint density at radius 1 is 1.13 bits per heavy atom. The third-order valence-electron chi connectivity index (χ3n) is 4.80. The van der Waals surface area contributed by atoms with E-state index in [1.807, 2.05) is 0 Å². The topological polar surface area (TPSA) is 88.0 Å². The second-order valence-corrected chi connectivity index (χ2v) is 7.02. The fraction of sp³-hybridized carbons (Fsp3) is 0.174. The molecule has 3 aromatic carbocycles. The molecule has 1 heterocycles. The van der Waals surface area contributed by atoms with E-state index in [0.29, 0.717) is 28.1 Å². The number of fused-ring (bicyclic) bond motifs is 2. The van der Waals surface area contributed by atoms with Crippen molar-refractivity contribution in [2.24, 2.45) is 0 Å². The zero-order valence-electron chi connectivity index (χ0n) is 16.3. The molecule has 3 N–H and O–H groups in total. The minimum atomic E-state index is -1.07. The third-order valence-corrected chi connectivity index (χ3v) is 4.80. The smallest absolute Gasteiger partial charge is 0.200 e. The number of ketones is 1. The minimum absolute atomic E-state index is 0.0858. The van der Waals surface area contributed by atoms with E-state index in [0.717, 1.165) is 12.1 Å². The lowest BCUT2D eigenvalue weighted by Crippen LogP contribution is -2.22. The van der Waals surface area contributed by atoms with Crippen molar-refractivity contribution in [3.05, 3.63) is 82.9 Å². The standard InChI is InChI=1S/C23H19F2NO5/c24-14-4-7-19(18(25)8-14)26-15-5-6-17-21(9-15)30-11-13-2-1-3-20(22(13)23(17)29)31-12-16(28)10-27/h1-9,16,26-28H,10-12H2/t16-/m0/s1. The zero-order chi connectivity index (χ0) is 22.0. The Hall–Kier alpha value is -3.49.